The van der Waals surface area contributed by atoms with E-state index in [1.165, 1.54) is 4.31 Å². The van der Waals surface area contributed by atoms with Crippen LogP contribution in [0.25, 0.3) is 0 Å². The summed E-state index contributed by atoms with van der Waals surface area (Å²) in [6.45, 7) is 6.70. The molecule has 8 heteroatoms. The lowest BCUT2D eigenvalue weighted by molar-refractivity contribution is -0.682. The molecule has 1 aliphatic carbocycles. The molecule has 2 rings (SSSR count). The van der Waals surface area contributed by atoms with Gasteiger partial charge in [0, 0.05) is 18.7 Å². The van der Waals surface area contributed by atoms with Crippen molar-refractivity contribution in [2.45, 2.75) is 62.9 Å². The molecule has 1 amide bonds. The van der Waals surface area contributed by atoms with E-state index in [0.29, 0.717) is 25.9 Å². The fourth-order valence-corrected chi connectivity index (χ4v) is 5.10. The van der Waals surface area contributed by atoms with Gasteiger partial charge in [-0.15, -0.1) is 0 Å². The maximum atomic E-state index is 12.6. The summed E-state index contributed by atoms with van der Waals surface area (Å²) < 4.78 is 26.5. The van der Waals surface area contributed by atoms with E-state index in [1.807, 2.05) is 26.1 Å². The van der Waals surface area contributed by atoms with Gasteiger partial charge in [0.2, 0.25) is 10.0 Å². The highest BCUT2D eigenvalue weighted by atomic mass is 32.2. The summed E-state index contributed by atoms with van der Waals surface area (Å²) in [6, 6.07) is 9.09. The van der Waals surface area contributed by atoms with Gasteiger partial charge in [-0.1, -0.05) is 26.0 Å². The van der Waals surface area contributed by atoms with E-state index in [0.717, 1.165) is 18.4 Å². The number of carbonyl (C=O) groups excluding carboxylic acids is 1. The molecule has 154 valence electrons. The minimum absolute atomic E-state index is 0.00225. The number of nitrogens with zero attached hydrogens (tertiary/aromatic N) is 2. The van der Waals surface area contributed by atoms with Crippen LogP contribution in [0.1, 0.15) is 58.1 Å². The van der Waals surface area contributed by atoms with Gasteiger partial charge in [0.25, 0.3) is 5.91 Å². The Hall–Kier alpha value is -1.95. The van der Waals surface area contributed by atoms with Crippen molar-refractivity contribution in [3.05, 3.63) is 29.8 Å². The van der Waals surface area contributed by atoms with Gasteiger partial charge in [-0.2, -0.15) is 9.57 Å². The molecule has 1 aliphatic rings. The van der Waals surface area contributed by atoms with Crippen LogP contribution in [-0.4, -0.2) is 43.8 Å². The number of sulfonamides is 1. The zero-order valence-electron chi connectivity index (χ0n) is 16.9. The molecule has 0 unspecified atom stereocenters. The Morgan fingerprint density at radius 3 is 2.32 bits per heavy atom. The van der Waals surface area contributed by atoms with Gasteiger partial charge in [0.1, 0.15) is 11.6 Å². The number of benzene rings is 1. The molecule has 0 aliphatic heterocycles. The van der Waals surface area contributed by atoms with Crippen LogP contribution in [0.4, 0.5) is 0 Å². The van der Waals surface area contributed by atoms with Crippen LogP contribution in [0, 0.1) is 11.3 Å². The van der Waals surface area contributed by atoms with Crippen LogP contribution in [0.2, 0.25) is 0 Å². The molecule has 28 heavy (non-hydrogen) atoms. The molecule has 0 heterocycles. The molecule has 1 saturated carbocycles. The highest BCUT2D eigenvalue weighted by Gasteiger charge is 2.35. The van der Waals surface area contributed by atoms with Crippen molar-refractivity contribution in [1.82, 2.24) is 9.62 Å². The monoisotopic (exact) mass is 407 g/mol. The second kappa shape index (κ2) is 9.50. The van der Waals surface area contributed by atoms with Gasteiger partial charge in [-0.25, -0.2) is 8.42 Å². The topological polar surface area (TPSA) is 107 Å². The molecule has 0 aromatic heterocycles. The first-order valence-electron chi connectivity index (χ1n) is 9.93. The van der Waals surface area contributed by atoms with Gasteiger partial charge in [-0.05, 0) is 44.7 Å². The largest absolute Gasteiger partial charge is 0.333 e. The molecule has 0 saturated heterocycles. The molecule has 0 spiro atoms. The zero-order valence-corrected chi connectivity index (χ0v) is 17.8. The number of nitriles is 1. The Kier molecular flexibility index (Phi) is 7.58. The summed E-state index contributed by atoms with van der Waals surface area (Å²) in [7, 11) is -3.46. The number of hydrogen-bond donors (Lipinski definition) is 2. The fraction of sp³-hybridized carbons (Fsp3) is 0.600. The Labute approximate surface area is 168 Å². The number of carbonyl (C=O) groups is 1. The third-order valence-electron chi connectivity index (χ3n) is 5.46. The third kappa shape index (κ3) is 5.10. The maximum absolute atomic E-state index is 12.6. The van der Waals surface area contributed by atoms with Gasteiger partial charge in [0.15, 0.2) is 6.54 Å². The Morgan fingerprint density at radius 2 is 1.82 bits per heavy atom. The quantitative estimate of drug-likeness (QED) is 0.643. The highest BCUT2D eigenvalue weighted by molar-refractivity contribution is 7.89. The van der Waals surface area contributed by atoms with Crippen LogP contribution in [0.15, 0.2) is 29.2 Å². The van der Waals surface area contributed by atoms with Gasteiger partial charge in [0.05, 0.1) is 11.0 Å². The van der Waals surface area contributed by atoms with Gasteiger partial charge in [-0.3, -0.25) is 4.79 Å². The lowest BCUT2D eigenvalue weighted by Crippen LogP contribution is -2.87. The lowest BCUT2D eigenvalue weighted by atomic mass is 10.00. The van der Waals surface area contributed by atoms with Gasteiger partial charge < -0.3 is 10.6 Å². The summed E-state index contributed by atoms with van der Waals surface area (Å²) in [5, 5.41) is 14.1. The van der Waals surface area contributed by atoms with Crippen molar-refractivity contribution >= 4 is 15.9 Å². The molecule has 1 fully saturated rings. The summed E-state index contributed by atoms with van der Waals surface area (Å²) in [6.07, 6.45) is 3.37. The summed E-state index contributed by atoms with van der Waals surface area (Å²) >= 11 is 0. The lowest BCUT2D eigenvalue weighted by Gasteiger charge is -2.22. The van der Waals surface area contributed by atoms with Crippen molar-refractivity contribution in [3.63, 3.8) is 0 Å². The predicted octanol–water partition coefficient (Wildman–Crippen LogP) is 1.29. The van der Waals surface area contributed by atoms with Crippen molar-refractivity contribution in [2.75, 3.05) is 19.6 Å². The van der Waals surface area contributed by atoms with Gasteiger partial charge >= 0.3 is 0 Å². The van der Waals surface area contributed by atoms with Crippen LogP contribution < -0.4 is 10.6 Å². The van der Waals surface area contributed by atoms with E-state index in [1.54, 1.807) is 24.3 Å². The van der Waals surface area contributed by atoms with Crippen molar-refractivity contribution in [2.24, 2.45) is 0 Å². The Balaban J connectivity index is 1.95. The first kappa shape index (κ1) is 22.3. The highest BCUT2D eigenvalue weighted by Crippen LogP contribution is 2.28. The summed E-state index contributed by atoms with van der Waals surface area (Å²) in [5.41, 5.74) is 0.247. The third-order valence-corrected chi connectivity index (χ3v) is 7.52. The van der Waals surface area contributed by atoms with E-state index in [4.69, 9.17) is 0 Å². The molecule has 7 nitrogen and oxygen atoms in total. The van der Waals surface area contributed by atoms with E-state index in [9.17, 15) is 18.5 Å². The zero-order chi connectivity index (χ0) is 20.8. The number of amides is 1. The van der Waals surface area contributed by atoms with E-state index in [-0.39, 0.29) is 23.4 Å². The molecule has 3 N–H and O–H groups in total. The van der Waals surface area contributed by atoms with Crippen LogP contribution in [0.3, 0.4) is 0 Å². The molecular weight excluding hydrogens is 376 g/mol. The molecule has 1 aromatic rings. The van der Waals surface area contributed by atoms with Crippen LogP contribution >= 0.6 is 0 Å². The molecule has 1 atom stereocenters. The predicted molar refractivity (Wildman–Crippen MR) is 107 cm³/mol. The number of hydrogen-bond acceptors (Lipinski definition) is 4. The van der Waals surface area contributed by atoms with E-state index < -0.39 is 15.6 Å². The SMILES string of the molecule is CCN(CC)S(=O)(=O)c1ccc([C@@H](C)[NH2+]CC(=O)NC2(C#N)CCCC2)cc1. The first-order chi connectivity index (χ1) is 13.3. The molecular formula is C20H31N4O3S+. The van der Waals surface area contributed by atoms with Crippen molar-refractivity contribution in [1.29, 1.82) is 5.26 Å². The number of nitrogens with one attached hydrogen (secondary N) is 1. The Bertz CT molecular complexity index is 805. The minimum Gasteiger partial charge on any atom is -0.333 e. The minimum atomic E-state index is -3.46. The van der Waals surface area contributed by atoms with Crippen molar-refractivity contribution < 1.29 is 18.5 Å². The standard InChI is InChI=1S/C20H30N4O3S/c1-4-24(5-2)28(26,27)18-10-8-17(9-11-18)16(3)22-14-19(25)23-20(15-21)12-6-7-13-20/h8-11,16,22H,4-7,12-14H2,1-3H3,(H,23,25)/p+1/t16-/m1/s1. The molecule has 0 bridgehead atoms. The van der Waals surface area contributed by atoms with Crippen LogP contribution in [0.5, 0.6) is 0 Å². The summed E-state index contributed by atoms with van der Waals surface area (Å²) in [4.78, 5) is 12.5. The van der Waals surface area contributed by atoms with Crippen molar-refractivity contribution in [3.8, 4) is 6.07 Å². The van der Waals surface area contributed by atoms with Crippen LogP contribution in [-0.2, 0) is 14.8 Å². The smallest absolute Gasteiger partial charge is 0.276 e. The number of nitrogens with two attached hydrogens (primary N) is 1. The summed E-state index contributed by atoms with van der Waals surface area (Å²) in [5.74, 6) is -0.143. The normalized spacial score (nSPS) is 17.2. The number of quaternary nitrogens is 1. The fourth-order valence-electron chi connectivity index (χ4n) is 3.64. The second-order valence-electron chi connectivity index (χ2n) is 7.34. The first-order valence-corrected chi connectivity index (χ1v) is 11.4. The second-order valence-corrected chi connectivity index (χ2v) is 9.27. The average Bonchev–Trinajstić information content (AvgIpc) is 3.16. The molecule has 0 radical (unpaired) electrons. The maximum Gasteiger partial charge on any atom is 0.276 e. The number of rotatable bonds is 9. The van der Waals surface area contributed by atoms with E-state index in [2.05, 4.69) is 11.4 Å². The Morgan fingerprint density at radius 1 is 1.25 bits per heavy atom. The average molecular weight is 408 g/mol. The molecule has 1 aromatic carbocycles. The van der Waals surface area contributed by atoms with E-state index >= 15 is 0 Å².